The molecule has 0 aromatic rings. The molecule has 0 saturated heterocycles. The maximum Gasteiger partial charge on any atom is 0.333 e. The first-order chi connectivity index (χ1) is 6.68. The molecule has 0 aliphatic carbocycles. The molecule has 14 heavy (non-hydrogen) atoms. The minimum atomic E-state index is -0.370. The molecular weight excluding hydrogens is 184 g/mol. The lowest BCUT2D eigenvalue weighted by atomic mass is 10.4. The second-order valence-corrected chi connectivity index (χ2v) is 2.87. The van der Waals surface area contributed by atoms with Crippen LogP contribution in [0.4, 0.5) is 0 Å². The fraction of sp³-hybridized carbons (Fsp3) is 0.700. The second-order valence-electron chi connectivity index (χ2n) is 2.87. The number of rotatable bonds is 8. The van der Waals surface area contributed by atoms with Crippen molar-refractivity contribution in [3.8, 4) is 0 Å². The third-order valence-electron chi connectivity index (χ3n) is 1.45. The number of esters is 1. The predicted molar refractivity (Wildman–Crippen MR) is 53.1 cm³/mol. The molecule has 0 amide bonds. The van der Waals surface area contributed by atoms with Gasteiger partial charge in [0.1, 0.15) is 6.61 Å². The first-order valence-corrected chi connectivity index (χ1v) is 4.57. The Morgan fingerprint density at radius 1 is 1.21 bits per heavy atom. The maximum atomic E-state index is 10.9. The summed E-state index contributed by atoms with van der Waals surface area (Å²) in [5, 5.41) is 0. The third-order valence-corrected chi connectivity index (χ3v) is 1.45. The van der Waals surface area contributed by atoms with Crippen LogP contribution in [0.15, 0.2) is 12.2 Å². The number of carbonyl (C=O) groups is 1. The zero-order valence-electron chi connectivity index (χ0n) is 8.88. The number of hydrogen-bond acceptors (Lipinski definition) is 4. The second kappa shape index (κ2) is 8.72. The van der Waals surface area contributed by atoms with E-state index in [0.29, 0.717) is 25.4 Å². The number of carbonyl (C=O) groups excluding carboxylic acids is 1. The summed E-state index contributed by atoms with van der Waals surface area (Å²) in [6.07, 6.45) is 0.852. The van der Waals surface area contributed by atoms with Gasteiger partial charge in [-0.05, 0) is 13.3 Å². The van der Waals surface area contributed by atoms with Gasteiger partial charge in [0.15, 0.2) is 0 Å². The molecule has 0 bridgehead atoms. The van der Waals surface area contributed by atoms with Gasteiger partial charge in [-0.15, -0.1) is 0 Å². The lowest BCUT2D eigenvalue weighted by Crippen LogP contribution is -2.11. The van der Waals surface area contributed by atoms with E-state index in [4.69, 9.17) is 14.2 Å². The third kappa shape index (κ3) is 7.76. The van der Waals surface area contributed by atoms with E-state index in [9.17, 15) is 4.79 Å². The van der Waals surface area contributed by atoms with Crippen molar-refractivity contribution >= 4 is 5.97 Å². The lowest BCUT2D eigenvalue weighted by Gasteiger charge is -2.05. The molecular formula is C10H18O4. The van der Waals surface area contributed by atoms with Gasteiger partial charge in [0, 0.05) is 25.9 Å². The van der Waals surface area contributed by atoms with E-state index < -0.39 is 0 Å². The van der Waals surface area contributed by atoms with Crippen LogP contribution in [-0.2, 0) is 19.0 Å². The summed E-state index contributed by atoms with van der Waals surface area (Å²) in [6.45, 7) is 7.08. The summed E-state index contributed by atoms with van der Waals surface area (Å²) >= 11 is 0. The molecule has 0 heterocycles. The molecule has 0 aliphatic heterocycles. The normalized spacial score (nSPS) is 9.86. The van der Waals surface area contributed by atoms with Gasteiger partial charge in [-0.2, -0.15) is 0 Å². The summed E-state index contributed by atoms with van der Waals surface area (Å²) in [7, 11) is 1.65. The molecule has 0 aromatic carbocycles. The van der Waals surface area contributed by atoms with Crippen LogP contribution in [0.25, 0.3) is 0 Å². The van der Waals surface area contributed by atoms with E-state index in [2.05, 4.69) is 6.58 Å². The average molecular weight is 202 g/mol. The summed E-state index contributed by atoms with van der Waals surface area (Å²) in [6, 6.07) is 0. The van der Waals surface area contributed by atoms with Crippen molar-refractivity contribution < 1.29 is 19.0 Å². The Bertz CT molecular complexity index is 177. The van der Waals surface area contributed by atoms with E-state index in [-0.39, 0.29) is 12.6 Å². The number of hydrogen-bond donors (Lipinski definition) is 0. The van der Waals surface area contributed by atoms with Gasteiger partial charge in [-0.3, -0.25) is 0 Å². The maximum absolute atomic E-state index is 10.9. The van der Waals surface area contributed by atoms with Crippen LogP contribution in [0.5, 0.6) is 0 Å². The molecule has 82 valence electrons. The Hall–Kier alpha value is -0.870. The summed E-state index contributed by atoms with van der Waals surface area (Å²) in [4.78, 5) is 10.9. The van der Waals surface area contributed by atoms with Gasteiger partial charge in [0.2, 0.25) is 0 Å². The van der Waals surface area contributed by atoms with Crippen LogP contribution in [0.2, 0.25) is 0 Å². The van der Waals surface area contributed by atoms with Gasteiger partial charge < -0.3 is 14.2 Å². The van der Waals surface area contributed by atoms with Crippen LogP contribution in [0.3, 0.4) is 0 Å². The van der Waals surface area contributed by atoms with Crippen LogP contribution in [-0.4, -0.2) is 39.5 Å². The van der Waals surface area contributed by atoms with E-state index in [0.717, 1.165) is 6.42 Å². The average Bonchev–Trinajstić information content (AvgIpc) is 2.16. The van der Waals surface area contributed by atoms with E-state index in [1.54, 1.807) is 14.0 Å². The van der Waals surface area contributed by atoms with Gasteiger partial charge in [0.25, 0.3) is 0 Å². The van der Waals surface area contributed by atoms with Gasteiger partial charge in [-0.25, -0.2) is 4.79 Å². The monoisotopic (exact) mass is 202 g/mol. The Kier molecular flexibility index (Phi) is 8.17. The van der Waals surface area contributed by atoms with E-state index in [1.165, 1.54) is 0 Å². The topological polar surface area (TPSA) is 44.8 Å². The molecule has 4 heteroatoms. The highest BCUT2D eigenvalue weighted by molar-refractivity contribution is 5.86. The molecule has 0 radical (unpaired) electrons. The Morgan fingerprint density at radius 3 is 2.50 bits per heavy atom. The summed E-state index contributed by atoms with van der Waals surface area (Å²) < 4.78 is 14.8. The number of ether oxygens (including phenoxy) is 3. The molecule has 0 saturated carbocycles. The van der Waals surface area contributed by atoms with Gasteiger partial charge >= 0.3 is 5.97 Å². The van der Waals surface area contributed by atoms with E-state index in [1.807, 2.05) is 0 Å². The standard InChI is InChI=1S/C10H18O4/c1-9(2)10(11)14-8-7-13-6-4-5-12-3/h1,4-8H2,2-3H3. The zero-order chi connectivity index (χ0) is 10.8. The van der Waals surface area contributed by atoms with Crippen LogP contribution < -0.4 is 0 Å². The van der Waals surface area contributed by atoms with Crippen molar-refractivity contribution in [2.45, 2.75) is 13.3 Å². The molecule has 4 nitrogen and oxygen atoms in total. The first kappa shape index (κ1) is 13.1. The van der Waals surface area contributed by atoms with Crippen LogP contribution in [0.1, 0.15) is 13.3 Å². The molecule has 0 rings (SSSR count). The van der Waals surface area contributed by atoms with Crippen molar-refractivity contribution in [2.75, 3.05) is 33.5 Å². The lowest BCUT2D eigenvalue weighted by molar-refractivity contribution is -0.140. The van der Waals surface area contributed by atoms with E-state index >= 15 is 0 Å². The van der Waals surface area contributed by atoms with Crippen LogP contribution >= 0.6 is 0 Å². The molecule has 0 aromatic heterocycles. The van der Waals surface area contributed by atoms with Crippen LogP contribution in [0, 0.1) is 0 Å². The number of methoxy groups -OCH3 is 1. The van der Waals surface area contributed by atoms with Gasteiger partial charge in [-0.1, -0.05) is 6.58 Å². The van der Waals surface area contributed by atoms with Crippen molar-refractivity contribution in [3.63, 3.8) is 0 Å². The molecule has 0 aliphatic rings. The Labute approximate surface area is 84.8 Å². The Morgan fingerprint density at radius 2 is 1.93 bits per heavy atom. The molecule has 0 N–H and O–H groups in total. The van der Waals surface area contributed by atoms with Gasteiger partial charge in [0.05, 0.1) is 6.61 Å². The summed E-state index contributed by atoms with van der Waals surface area (Å²) in [5.41, 5.74) is 0.407. The van der Waals surface area contributed by atoms with Crippen molar-refractivity contribution in [2.24, 2.45) is 0 Å². The zero-order valence-corrected chi connectivity index (χ0v) is 8.88. The van der Waals surface area contributed by atoms with Crippen molar-refractivity contribution in [1.29, 1.82) is 0 Å². The fourth-order valence-corrected chi connectivity index (χ4v) is 0.724. The molecule has 0 unspecified atom stereocenters. The largest absolute Gasteiger partial charge is 0.460 e. The summed E-state index contributed by atoms with van der Waals surface area (Å²) in [5.74, 6) is -0.370. The minimum Gasteiger partial charge on any atom is -0.460 e. The Balaban J connectivity index is 3.13. The van der Waals surface area contributed by atoms with Crippen molar-refractivity contribution in [3.05, 3.63) is 12.2 Å². The minimum absolute atomic E-state index is 0.276. The predicted octanol–water partition coefficient (Wildman–Crippen LogP) is 1.16. The molecule has 0 spiro atoms. The fourth-order valence-electron chi connectivity index (χ4n) is 0.724. The SMILES string of the molecule is C=C(C)C(=O)OCCOCCCOC. The highest BCUT2D eigenvalue weighted by Crippen LogP contribution is 1.92. The first-order valence-electron chi connectivity index (χ1n) is 4.57. The highest BCUT2D eigenvalue weighted by Gasteiger charge is 2.01. The van der Waals surface area contributed by atoms with Crippen molar-refractivity contribution in [1.82, 2.24) is 0 Å². The smallest absolute Gasteiger partial charge is 0.333 e. The quantitative estimate of drug-likeness (QED) is 0.336. The molecule has 0 fully saturated rings. The highest BCUT2D eigenvalue weighted by atomic mass is 16.6. The molecule has 0 atom stereocenters.